The summed E-state index contributed by atoms with van der Waals surface area (Å²) in [5.41, 5.74) is 9.58. The van der Waals surface area contributed by atoms with Crippen LogP contribution in [0, 0.1) is 0 Å². The Morgan fingerprint density at radius 2 is 1.45 bits per heavy atom. The number of nitrogens with zero attached hydrogens (tertiary/aromatic N) is 2. The summed E-state index contributed by atoms with van der Waals surface area (Å²) < 4.78 is 0. The highest BCUT2D eigenvalue weighted by atomic mass is 16.1. The highest BCUT2D eigenvalue weighted by molar-refractivity contribution is 6.08. The van der Waals surface area contributed by atoms with E-state index in [0.29, 0.717) is 30.0 Å². The molecule has 0 aliphatic rings. The van der Waals surface area contributed by atoms with Gasteiger partial charge in [-0.3, -0.25) is 4.79 Å². The lowest BCUT2D eigenvalue weighted by Crippen LogP contribution is -2.13. The van der Waals surface area contributed by atoms with Gasteiger partial charge in [0.25, 0.3) is 5.91 Å². The molecule has 6 nitrogen and oxygen atoms in total. The number of nitrogens with two attached hydrogens (primary N) is 1. The van der Waals surface area contributed by atoms with Crippen molar-refractivity contribution in [2.75, 3.05) is 10.6 Å². The number of primary amides is 1. The Morgan fingerprint density at radius 3 is 2.07 bits per heavy atom. The first kappa shape index (κ1) is 18.4. The highest BCUT2D eigenvalue weighted by Crippen LogP contribution is 2.27. The van der Waals surface area contributed by atoms with E-state index < -0.39 is 5.91 Å². The van der Waals surface area contributed by atoms with Crippen LogP contribution in [0.15, 0.2) is 79.1 Å². The molecule has 4 N–H and O–H groups in total. The van der Waals surface area contributed by atoms with Crippen LogP contribution in [-0.4, -0.2) is 15.9 Å². The zero-order chi connectivity index (χ0) is 20.1. The van der Waals surface area contributed by atoms with Crippen LogP contribution in [0.5, 0.6) is 0 Å². The molecule has 0 saturated carbocycles. The summed E-state index contributed by atoms with van der Waals surface area (Å²) in [6, 6.07) is 23.8. The topological polar surface area (TPSA) is 92.9 Å². The summed E-state index contributed by atoms with van der Waals surface area (Å²) >= 11 is 0. The van der Waals surface area contributed by atoms with Gasteiger partial charge in [0.1, 0.15) is 12.1 Å². The Kier molecular flexibility index (Phi) is 5.33. The molecule has 4 rings (SSSR count). The molecule has 29 heavy (non-hydrogen) atoms. The molecule has 144 valence electrons. The first-order valence-electron chi connectivity index (χ1n) is 9.35. The molecule has 0 saturated heterocycles. The maximum absolute atomic E-state index is 12.0. The molecule has 3 aromatic carbocycles. The number of carbonyl (C=O) groups is 1. The predicted molar refractivity (Wildman–Crippen MR) is 116 cm³/mol. The molecule has 1 heterocycles. The quantitative estimate of drug-likeness (QED) is 0.449. The predicted octanol–water partition coefficient (Wildman–Crippen LogP) is 3.95. The normalized spacial score (nSPS) is 10.6. The fourth-order valence-electron chi connectivity index (χ4n) is 3.18. The lowest BCUT2D eigenvalue weighted by atomic mass is 10.1. The third-order valence-corrected chi connectivity index (χ3v) is 4.65. The Bertz CT molecular complexity index is 1130. The minimum atomic E-state index is -0.522. The molecule has 6 heteroatoms. The highest BCUT2D eigenvalue weighted by Gasteiger charge is 2.14. The van der Waals surface area contributed by atoms with Gasteiger partial charge in [-0.15, -0.1) is 0 Å². The number of amides is 1. The second kappa shape index (κ2) is 8.39. The number of benzene rings is 3. The van der Waals surface area contributed by atoms with Crippen LogP contribution in [0.25, 0.3) is 10.9 Å². The molecular weight excluding hydrogens is 362 g/mol. The molecule has 0 fully saturated rings. The van der Waals surface area contributed by atoms with E-state index in [-0.39, 0.29) is 0 Å². The Balaban J connectivity index is 1.67. The molecule has 0 unspecified atom stereocenters. The number of aromatic nitrogens is 2. The van der Waals surface area contributed by atoms with Gasteiger partial charge < -0.3 is 16.4 Å². The first-order chi connectivity index (χ1) is 14.2. The summed E-state index contributed by atoms with van der Waals surface area (Å²) in [4.78, 5) is 20.7. The standard InChI is InChI=1S/C23H21N5O/c24-22(29)19-11-18(25-13-16-7-3-1-4-8-16)12-20-21(19)27-15-28-23(20)26-14-17-9-5-2-6-10-17/h1-12,15,25H,13-14H2,(H2,24,29)(H,26,27,28). The van der Waals surface area contributed by atoms with Crippen LogP contribution in [0.4, 0.5) is 11.5 Å². The van der Waals surface area contributed by atoms with E-state index in [1.165, 1.54) is 6.33 Å². The smallest absolute Gasteiger partial charge is 0.250 e. The number of anilines is 2. The molecule has 1 aromatic heterocycles. The van der Waals surface area contributed by atoms with E-state index in [2.05, 4.69) is 20.6 Å². The number of carbonyl (C=O) groups excluding carboxylic acids is 1. The van der Waals surface area contributed by atoms with Gasteiger partial charge in [-0.05, 0) is 23.3 Å². The molecule has 0 aliphatic carbocycles. The van der Waals surface area contributed by atoms with E-state index in [0.717, 1.165) is 22.2 Å². The molecule has 0 aliphatic heterocycles. The minimum absolute atomic E-state index is 0.364. The summed E-state index contributed by atoms with van der Waals surface area (Å²) in [6.07, 6.45) is 1.44. The van der Waals surface area contributed by atoms with Gasteiger partial charge in [0, 0.05) is 24.2 Å². The number of hydrogen-bond acceptors (Lipinski definition) is 5. The monoisotopic (exact) mass is 383 g/mol. The second-order valence-electron chi connectivity index (χ2n) is 6.68. The third kappa shape index (κ3) is 4.32. The van der Waals surface area contributed by atoms with Crippen LogP contribution >= 0.6 is 0 Å². The summed E-state index contributed by atoms with van der Waals surface area (Å²) in [6.45, 7) is 1.24. The van der Waals surface area contributed by atoms with Crippen LogP contribution in [0.3, 0.4) is 0 Å². The van der Waals surface area contributed by atoms with Gasteiger partial charge >= 0.3 is 0 Å². The van der Waals surface area contributed by atoms with E-state index in [1.807, 2.05) is 66.7 Å². The van der Waals surface area contributed by atoms with Crippen molar-refractivity contribution < 1.29 is 4.79 Å². The molecular formula is C23H21N5O. The average molecular weight is 383 g/mol. The van der Waals surface area contributed by atoms with Crippen molar-refractivity contribution in [1.82, 2.24) is 9.97 Å². The van der Waals surface area contributed by atoms with E-state index in [1.54, 1.807) is 6.07 Å². The van der Waals surface area contributed by atoms with E-state index in [4.69, 9.17) is 5.73 Å². The van der Waals surface area contributed by atoms with Crippen molar-refractivity contribution >= 4 is 28.3 Å². The Labute approximate surface area is 168 Å². The van der Waals surface area contributed by atoms with Gasteiger partial charge in [0.05, 0.1) is 11.1 Å². The fourth-order valence-corrected chi connectivity index (χ4v) is 3.18. The lowest BCUT2D eigenvalue weighted by Gasteiger charge is -2.13. The first-order valence-corrected chi connectivity index (χ1v) is 9.35. The molecule has 0 bridgehead atoms. The van der Waals surface area contributed by atoms with Crippen molar-refractivity contribution in [2.24, 2.45) is 5.73 Å². The summed E-state index contributed by atoms with van der Waals surface area (Å²) in [5.74, 6) is 0.135. The maximum Gasteiger partial charge on any atom is 0.250 e. The van der Waals surface area contributed by atoms with E-state index >= 15 is 0 Å². The summed E-state index contributed by atoms with van der Waals surface area (Å²) in [7, 11) is 0. The van der Waals surface area contributed by atoms with Gasteiger partial charge in [0.15, 0.2) is 0 Å². The SMILES string of the molecule is NC(=O)c1cc(NCc2ccccc2)cc2c(NCc3ccccc3)ncnc12. The van der Waals surface area contributed by atoms with Crippen LogP contribution < -0.4 is 16.4 Å². The molecule has 4 aromatic rings. The van der Waals surface area contributed by atoms with Crippen molar-refractivity contribution in [3.05, 3.63) is 95.8 Å². The molecule has 0 radical (unpaired) electrons. The van der Waals surface area contributed by atoms with Gasteiger partial charge in [-0.1, -0.05) is 60.7 Å². The summed E-state index contributed by atoms with van der Waals surface area (Å²) in [5, 5.41) is 7.44. The number of fused-ring (bicyclic) bond motifs is 1. The molecule has 0 spiro atoms. The van der Waals surface area contributed by atoms with Crippen molar-refractivity contribution in [3.63, 3.8) is 0 Å². The van der Waals surface area contributed by atoms with Crippen molar-refractivity contribution in [1.29, 1.82) is 0 Å². The maximum atomic E-state index is 12.0. The van der Waals surface area contributed by atoms with Crippen LogP contribution in [0.1, 0.15) is 21.5 Å². The largest absolute Gasteiger partial charge is 0.381 e. The second-order valence-corrected chi connectivity index (χ2v) is 6.68. The van der Waals surface area contributed by atoms with Crippen LogP contribution in [0.2, 0.25) is 0 Å². The Hall–Kier alpha value is -3.93. The van der Waals surface area contributed by atoms with E-state index in [9.17, 15) is 4.79 Å². The number of nitrogens with one attached hydrogen (secondary N) is 2. The third-order valence-electron chi connectivity index (χ3n) is 4.65. The minimum Gasteiger partial charge on any atom is -0.381 e. The van der Waals surface area contributed by atoms with Gasteiger partial charge in [-0.25, -0.2) is 9.97 Å². The average Bonchev–Trinajstić information content (AvgIpc) is 2.77. The fraction of sp³-hybridized carbons (Fsp3) is 0.0870. The number of hydrogen-bond donors (Lipinski definition) is 3. The zero-order valence-corrected chi connectivity index (χ0v) is 15.8. The Morgan fingerprint density at radius 1 is 0.828 bits per heavy atom. The zero-order valence-electron chi connectivity index (χ0n) is 15.8. The number of rotatable bonds is 7. The van der Waals surface area contributed by atoms with Gasteiger partial charge in [-0.2, -0.15) is 0 Å². The van der Waals surface area contributed by atoms with Gasteiger partial charge in [0.2, 0.25) is 0 Å². The lowest BCUT2D eigenvalue weighted by molar-refractivity contribution is 0.100. The molecule has 0 atom stereocenters. The van der Waals surface area contributed by atoms with Crippen LogP contribution in [-0.2, 0) is 13.1 Å². The van der Waals surface area contributed by atoms with Crippen molar-refractivity contribution in [2.45, 2.75) is 13.1 Å². The van der Waals surface area contributed by atoms with Crippen molar-refractivity contribution in [3.8, 4) is 0 Å². The molecule has 1 amide bonds.